The number of nitrogens with one attached hydrogen (secondary N) is 1. The second-order valence-electron chi connectivity index (χ2n) is 5.43. The lowest BCUT2D eigenvalue weighted by Gasteiger charge is -2.24. The summed E-state index contributed by atoms with van der Waals surface area (Å²) in [6, 6.07) is 2.41. The topological polar surface area (TPSA) is 69.6 Å². The summed E-state index contributed by atoms with van der Waals surface area (Å²) in [6.07, 6.45) is 2.41. The third kappa shape index (κ3) is 3.59. The molecule has 2 rings (SSSR count). The van der Waals surface area contributed by atoms with Crippen LogP contribution in [0.3, 0.4) is 0 Å². The van der Waals surface area contributed by atoms with E-state index in [2.05, 4.69) is 9.62 Å². The molecule has 1 aromatic rings. The van der Waals surface area contributed by atoms with Crippen molar-refractivity contribution in [2.45, 2.75) is 49.6 Å². The quantitative estimate of drug-likeness (QED) is 0.795. The SMILES string of the molecule is Cc1cc(S(=O)(=O)NCC(C)N(C)C2CC2)sc1CO. The molecule has 0 aromatic carbocycles. The number of likely N-dealkylation sites (N-methyl/N-ethyl adjacent to an activating group) is 1. The Hall–Kier alpha value is -0.470. The smallest absolute Gasteiger partial charge is 0.250 e. The largest absolute Gasteiger partial charge is 0.391 e. The molecule has 1 unspecified atom stereocenters. The highest BCUT2D eigenvalue weighted by Crippen LogP contribution is 2.28. The molecule has 1 aliphatic carbocycles. The standard InChI is InChI=1S/C13H22N2O3S2/c1-9-6-13(19-12(9)8-16)20(17,18)14-7-10(2)15(3)11-4-5-11/h6,10-11,14,16H,4-5,7-8H2,1-3H3. The summed E-state index contributed by atoms with van der Waals surface area (Å²) in [5, 5.41) is 9.14. The van der Waals surface area contributed by atoms with Crippen molar-refractivity contribution in [1.82, 2.24) is 9.62 Å². The van der Waals surface area contributed by atoms with Gasteiger partial charge in [-0.3, -0.25) is 4.90 Å². The molecule has 0 aliphatic heterocycles. The summed E-state index contributed by atoms with van der Waals surface area (Å²) in [7, 11) is -1.44. The van der Waals surface area contributed by atoms with Gasteiger partial charge in [-0.05, 0) is 45.4 Å². The van der Waals surface area contributed by atoms with Crippen LogP contribution in [0.5, 0.6) is 0 Å². The van der Waals surface area contributed by atoms with Crippen LogP contribution < -0.4 is 4.72 Å². The van der Waals surface area contributed by atoms with Gasteiger partial charge in [-0.15, -0.1) is 11.3 Å². The fourth-order valence-electron chi connectivity index (χ4n) is 2.07. The molecule has 1 saturated carbocycles. The molecule has 0 saturated heterocycles. The molecule has 2 N–H and O–H groups in total. The molecular formula is C13H22N2O3S2. The van der Waals surface area contributed by atoms with Crippen molar-refractivity contribution in [1.29, 1.82) is 0 Å². The van der Waals surface area contributed by atoms with E-state index in [0.717, 1.165) is 16.9 Å². The first kappa shape index (κ1) is 15.9. The van der Waals surface area contributed by atoms with Crippen molar-refractivity contribution in [3.63, 3.8) is 0 Å². The molecule has 0 amide bonds. The maximum Gasteiger partial charge on any atom is 0.250 e. The molecule has 0 bridgehead atoms. The molecule has 0 spiro atoms. The van der Waals surface area contributed by atoms with Crippen molar-refractivity contribution in [3.05, 3.63) is 16.5 Å². The van der Waals surface area contributed by atoms with Crippen molar-refractivity contribution in [2.75, 3.05) is 13.6 Å². The zero-order valence-corrected chi connectivity index (χ0v) is 13.7. The molecule has 5 nitrogen and oxygen atoms in total. The number of aliphatic hydroxyl groups excluding tert-OH is 1. The second-order valence-corrected chi connectivity index (χ2v) is 8.56. The first-order valence-corrected chi connectivity index (χ1v) is 9.07. The summed E-state index contributed by atoms with van der Waals surface area (Å²) in [5.74, 6) is 0. The predicted octanol–water partition coefficient (Wildman–Crippen LogP) is 1.31. The van der Waals surface area contributed by atoms with E-state index in [-0.39, 0.29) is 16.9 Å². The normalized spacial score (nSPS) is 17.6. The zero-order valence-electron chi connectivity index (χ0n) is 12.1. The predicted molar refractivity (Wildman–Crippen MR) is 80.4 cm³/mol. The van der Waals surface area contributed by atoms with E-state index in [1.54, 1.807) is 6.07 Å². The van der Waals surface area contributed by atoms with Crippen LogP contribution in [0, 0.1) is 6.92 Å². The van der Waals surface area contributed by atoms with E-state index >= 15 is 0 Å². The van der Waals surface area contributed by atoms with Gasteiger partial charge in [-0.2, -0.15) is 0 Å². The Bertz CT molecular complexity index is 564. The van der Waals surface area contributed by atoms with Gasteiger partial charge >= 0.3 is 0 Å². The molecule has 7 heteroatoms. The number of nitrogens with zero attached hydrogens (tertiary/aromatic N) is 1. The van der Waals surface area contributed by atoms with Crippen LogP contribution in [0.1, 0.15) is 30.2 Å². The van der Waals surface area contributed by atoms with E-state index in [1.807, 2.05) is 20.9 Å². The molecule has 1 aliphatic rings. The number of hydrogen-bond donors (Lipinski definition) is 2. The maximum atomic E-state index is 12.2. The third-order valence-corrected chi connectivity index (χ3v) is 6.91. The fraction of sp³-hybridized carbons (Fsp3) is 0.692. The molecule has 20 heavy (non-hydrogen) atoms. The maximum absolute atomic E-state index is 12.2. The first-order chi connectivity index (χ1) is 9.35. The molecule has 114 valence electrons. The van der Waals surface area contributed by atoms with E-state index in [0.29, 0.717) is 17.5 Å². The van der Waals surface area contributed by atoms with E-state index in [1.165, 1.54) is 12.8 Å². The van der Waals surface area contributed by atoms with Gasteiger partial charge in [0.1, 0.15) is 4.21 Å². The van der Waals surface area contributed by atoms with Crippen LogP contribution in [0.4, 0.5) is 0 Å². The third-order valence-electron chi connectivity index (χ3n) is 3.79. The molecule has 1 fully saturated rings. The average molecular weight is 318 g/mol. The van der Waals surface area contributed by atoms with Gasteiger partial charge < -0.3 is 5.11 Å². The van der Waals surface area contributed by atoms with Gasteiger partial charge in [0.15, 0.2) is 0 Å². The van der Waals surface area contributed by atoms with Gasteiger partial charge in [0, 0.05) is 23.5 Å². The Morgan fingerprint density at radius 2 is 2.20 bits per heavy atom. The zero-order chi connectivity index (χ0) is 14.9. The van der Waals surface area contributed by atoms with Gasteiger partial charge in [0.05, 0.1) is 6.61 Å². The van der Waals surface area contributed by atoms with E-state index < -0.39 is 10.0 Å². The van der Waals surface area contributed by atoms with Gasteiger partial charge in [0.2, 0.25) is 10.0 Å². The lowest BCUT2D eigenvalue weighted by Crippen LogP contribution is -2.40. The van der Waals surface area contributed by atoms with Crippen LogP contribution in [0.15, 0.2) is 10.3 Å². The van der Waals surface area contributed by atoms with Crippen LogP contribution in [-0.4, -0.2) is 44.1 Å². The molecule has 1 heterocycles. The van der Waals surface area contributed by atoms with Gasteiger partial charge in [-0.25, -0.2) is 13.1 Å². The highest BCUT2D eigenvalue weighted by Gasteiger charge is 2.29. The Morgan fingerprint density at radius 3 is 2.70 bits per heavy atom. The second kappa shape index (κ2) is 6.11. The minimum absolute atomic E-state index is 0.118. The summed E-state index contributed by atoms with van der Waals surface area (Å²) in [4.78, 5) is 2.93. The average Bonchev–Trinajstić information content (AvgIpc) is 3.18. The van der Waals surface area contributed by atoms with Crippen molar-refractivity contribution >= 4 is 21.4 Å². The summed E-state index contributed by atoms with van der Waals surface area (Å²) in [6.45, 7) is 4.12. The Kier molecular flexibility index (Phi) is 4.86. The molecular weight excluding hydrogens is 296 g/mol. The number of rotatable bonds is 7. The van der Waals surface area contributed by atoms with Crippen LogP contribution >= 0.6 is 11.3 Å². The van der Waals surface area contributed by atoms with Crippen LogP contribution in [-0.2, 0) is 16.6 Å². The summed E-state index contributed by atoms with van der Waals surface area (Å²) in [5.41, 5.74) is 0.820. The highest BCUT2D eigenvalue weighted by molar-refractivity contribution is 7.91. The minimum Gasteiger partial charge on any atom is -0.391 e. The molecule has 1 aromatic heterocycles. The van der Waals surface area contributed by atoms with Crippen molar-refractivity contribution < 1.29 is 13.5 Å². The van der Waals surface area contributed by atoms with Crippen LogP contribution in [0.25, 0.3) is 0 Å². The van der Waals surface area contributed by atoms with Crippen molar-refractivity contribution in [2.24, 2.45) is 0 Å². The lowest BCUT2D eigenvalue weighted by atomic mass is 10.3. The summed E-state index contributed by atoms with van der Waals surface area (Å²) < 4.78 is 27.4. The van der Waals surface area contributed by atoms with E-state index in [9.17, 15) is 8.42 Å². The first-order valence-electron chi connectivity index (χ1n) is 6.77. The van der Waals surface area contributed by atoms with Crippen molar-refractivity contribution in [3.8, 4) is 0 Å². The van der Waals surface area contributed by atoms with Gasteiger partial charge in [0.25, 0.3) is 0 Å². The van der Waals surface area contributed by atoms with Crippen LogP contribution in [0.2, 0.25) is 0 Å². The summed E-state index contributed by atoms with van der Waals surface area (Å²) >= 11 is 1.13. The number of aliphatic hydroxyl groups is 1. The number of sulfonamides is 1. The highest BCUT2D eigenvalue weighted by atomic mass is 32.2. The number of thiophene rings is 1. The lowest BCUT2D eigenvalue weighted by molar-refractivity contribution is 0.248. The molecule has 0 radical (unpaired) electrons. The number of aryl methyl sites for hydroxylation is 1. The monoisotopic (exact) mass is 318 g/mol. The number of hydrogen-bond acceptors (Lipinski definition) is 5. The molecule has 1 atom stereocenters. The minimum atomic E-state index is -3.48. The Labute approximate surface area is 124 Å². The van der Waals surface area contributed by atoms with Gasteiger partial charge in [-0.1, -0.05) is 0 Å². The Morgan fingerprint density at radius 1 is 1.55 bits per heavy atom. The fourth-order valence-corrected chi connectivity index (χ4v) is 4.68. The van der Waals surface area contributed by atoms with E-state index in [4.69, 9.17) is 5.11 Å². The Balaban J connectivity index is 1.99.